The van der Waals surface area contributed by atoms with E-state index in [2.05, 4.69) is 5.10 Å². The lowest BCUT2D eigenvalue weighted by Crippen LogP contribution is -2.04. The highest BCUT2D eigenvalue weighted by molar-refractivity contribution is 6.30. The molecule has 0 radical (unpaired) electrons. The van der Waals surface area contributed by atoms with Crippen molar-refractivity contribution in [1.82, 2.24) is 9.78 Å². The highest BCUT2D eigenvalue weighted by Crippen LogP contribution is 2.15. The summed E-state index contributed by atoms with van der Waals surface area (Å²) in [6, 6.07) is 7.71. The molecule has 0 spiro atoms. The van der Waals surface area contributed by atoms with Gasteiger partial charge in [0, 0.05) is 16.3 Å². The molecule has 0 atom stereocenters. The summed E-state index contributed by atoms with van der Waals surface area (Å²) >= 11 is 5.84. The van der Waals surface area contributed by atoms with Crippen molar-refractivity contribution < 1.29 is 5.11 Å². The van der Waals surface area contributed by atoms with E-state index in [1.807, 2.05) is 42.8 Å². The Hall–Kier alpha value is -1.32. The molecule has 0 bridgehead atoms. The van der Waals surface area contributed by atoms with Gasteiger partial charge in [0.05, 0.1) is 18.8 Å². The smallest absolute Gasteiger partial charge is 0.0718 e. The molecule has 0 aliphatic carbocycles. The van der Waals surface area contributed by atoms with E-state index in [-0.39, 0.29) is 6.61 Å². The van der Waals surface area contributed by atoms with Gasteiger partial charge >= 0.3 is 0 Å². The molecule has 0 fully saturated rings. The van der Waals surface area contributed by atoms with Crippen molar-refractivity contribution in [2.24, 2.45) is 0 Å². The predicted molar refractivity (Wildman–Crippen MR) is 68.2 cm³/mol. The summed E-state index contributed by atoms with van der Waals surface area (Å²) in [6.07, 6.45) is 0. The first-order valence-corrected chi connectivity index (χ1v) is 5.88. The van der Waals surface area contributed by atoms with Crippen molar-refractivity contribution in [1.29, 1.82) is 0 Å². The predicted octanol–water partition coefficient (Wildman–Crippen LogP) is 2.69. The molecule has 2 rings (SSSR count). The normalized spacial score (nSPS) is 10.8. The van der Waals surface area contributed by atoms with Gasteiger partial charge in [-0.25, -0.2) is 0 Å². The molecule has 4 heteroatoms. The number of rotatable bonds is 3. The molecule has 90 valence electrons. The second-order valence-corrected chi connectivity index (χ2v) is 4.53. The van der Waals surface area contributed by atoms with Crippen LogP contribution in [0.3, 0.4) is 0 Å². The third-order valence-electron chi connectivity index (χ3n) is 2.94. The van der Waals surface area contributed by atoms with Crippen molar-refractivity contribution in [3.05, 3.63) is 51.8 Å². The number of aliphatic hydroxyl groups excluding tert-OH is 1. The van der Waals surface area contributed by atoms with Crippen LogP contribution in [0.1, 0.15) is 22.5 Å². The zero-order valence-electron chi connectivity index (χ0n) is 9.94. The van der Waals surface area contributed by atoms with Crippen LogP contribution < -0.4 is 0 Å². The highest BCUT2D eigenvalue weighted by atomic mass is 35.5. The van der Waals surface area contributed by atoms with Gasteiger partial charge in [0.1, 0.15) is 0 Å². The Morgan fingerprint density at radius 3 is 2.41 bits per heavy atom. The topological polar surface area (TPSA) is 38.0 Å². The fourth-order valence-electron chi connectivity index (χ4n) is 1.88. The van der Waals surface area contributed by atoms with E-state index >= 15 is 0 Å². The molecule has 1 aromatic carbocycles. The molecule has 1 heterocycles. The Labute approximate surface area is 106 Å². The van der Waals surface area contributed by atoms with Crippen LogP contribution in [0.2, 0.25) is 5.02 Å². The van der Waals surface area contributed by atoms with Crippen LogP contribution in [0.5, 0.6) is 0 Å². The zero-order chi connectivity index (χ0) is 12.4. The summed E-state index contributed by atoms with van der Waals surface area (Å²) in [4.78, 5) is 0. The van der Waals surface area contributed by atoms with E-state index in [4.69, 9.17) is 11.6 Å². The van der Waals surface area contributed by atoms with E-state index in [9.17, 15) is 5.11 Å². The number of hydrogen-bond donors (Lipinski definition) is 1. The van der Waals surface area contributed by atoms with E-state index in [1.165, 1.54) is 0 Å². The van der Waals surface area contributed by atoms with Crippen LogP contribution >= 0.6 is 11.6 Å². The number of hydrogen-bond acceptors (Lipinski definition) is 2. The third kappa shape index (κ3) is 2.51. The number of aromatic nitrogens is 2. The van der Waals surface area contributed by atoms with E-state index in [1.54, 1.807) is 0 Å². The standard InChI is InChI=1S/C13H15ClN2O/c1-9-13(8-17)10(2)16(15-9)7-11-3-5-12(14)6-4-11/h3-6,17H,7-8H2,1-2H3. The number of nitrogens with zero attached hydrogens (tertiary/aromatic N) is 2. The Morgan fingerprint density at radius 1 is 1.24 bits per heavy atom. The van der Waals surface area contributed by atoms with Crippen molar-refractivity contribution in [3.63, 3.8) is 0 Å². The molecule has 0 amide bonds. The summed E-state index contributed by atoms with van der Waals surface area (Å²) in [6.45, 7) is 4.63. The third-order valence-corrected chi connectivity index (χ3v) is 3.19. The second-order valence-electron chi connectivity index (χ2n) is 4.09. The molecule has 0 saturated carbocycles. The Kier molecular flexibility index (Phi) is 3.50. The molecule has 0 aliphatic rings. The van der Waals surface area contributed by atoms with Crippen molar-refractivity contribution in [2.45, 2.75) is 27.0 Å². The first-order chi connectivity index (χ1) is 8.11. The Balaban J connectivity index is 2.27. The van der Waals surface area contributed by atoms with Crippen LogP contribution in [0.25, 0.3) is 0 Å². The number of aliphatic hydroxyl groups is 1. The summed E-state index contributed by atoms with van der Waals surface area (Å²) in [5.41, 5.74) is 3.96. The minimum atomic E-state index is 0.0400. The van der Waals surface area contributed by atoms with E-state index in [0.717, 1.165) is 27.5 Å². The fourth-order valence-corrected chi connectivity index (χ4v) is 2.01. The molecular weight excluding hydrogens is 236 g/mol. The SMILES string of the molecule is Cc1nn(Cc2ccc(Cl)cc2)c(C)c1CO. The van der Waals surface area contributed by atoms with E-state index < -0.39 is 0 Å². The van der Waals surface area contributed by atoms with Crippen molar-refractivity contribution in [2.75, 3.05) is 0 Å². The maximum atomic E-state index is 9.24. The number of halogens is 1. The van der Waals surface area contributed by atoms with Crippen LogP contribution in [-0.2, 0) is 13.2 Å². The largest absolute Gasteiger partial charge is 0.392 e. The van der Waals surface area contributed by atoms with Gasteiger partial charge in [0.2, 0.25) is 0 Å². The van der Waals surface area contributed by atoms with Crippen molar-refractivity contribution in [3.8, 4) is 0 Å². The van der Waals surface area contributed by atoms with Gasteiger partial charge in [0.15, 0.2) is 0 Å². The zero-order valence-corrected chi connectivity index (χ0v) is 10.7. The minimum absolute atomic E-state index is 0.0400. The quantitative estimate of drug-likeness (QED) is 0.910. The van der Waals surface area contributed by atoms with Gasteiger partial charge in [-0.3, -0.25) is 4.68 Å². The van der Waals surface area contributed by atoms with Gasteiger partial charge in [0.25, 0.3) is 0 Å². The van der Waals surface area contributed by atoms with Gasteiger partial charge in [-0.05, 0) is 31.5 Å². The molecule has 3 nitrogen and oxygen atoms in total. The first kappa shape index (κ1) is 12.1. The lowest BCUT2D eigenvalue weighted by Gasteiger charge is -2.05. The molecule has 1 aromatic heterocycles. The lowest BCUT2D eigenvalue weighted by atomic mass is 10.2. The highest BCUT2D eigenvalue weighted by Gasteiger charge is 2.10. The molecule has 1 N–H and O–H groups in total. The summed E-state index contributed by atoms with van der Waals surface area (Å²) in [7, 11) is 0. The van der Waals surface area contributed by atoms with Crippen LogP contribution in [-0.4, -0.2) is 14.9 Å². The Morgan fingerprint density at radius 2 is 1.88 bits per heavy atom. The molecule has 0 aliphatic heterocycles. The molecule has 0 saturated heterocycles. The average Bonchev–Trinajstić information content (AvgIpc) is 2.57. The molecule has 2 aromatic rings. The van der Waals surface area contributed by atoms with Gasteiger partial charge in [-0.2, -0.15) is 5.10 Å². The molecule has 17 heavy (non-hydrogen) atoms. The average molecular weight is 251 g/mol. The summed E-state index contributed by atoms with van der Waals surface area (Å²) < 4.78 is 1.91. The van der Waals surface area contributed by atoms with Gasteiger partial charge in [-0.1, -0.05) is 23.7 Å². The Bertz CT molecular complexity index is 517. The number of aryl methyl sites for hydroxylation is 1. The molecular formula is C13H15ClN2O. The summed E-state index contributed by atoms with van der Waals surface area (Å²) in [5.74, 6) is 0. The van der Waals surface area contributed by atoms with E-state index in [0.29, 0.717) is 6.54 Å². The van der Waals surface area contributed by atoms with Crippen LogP contribution in [0.4, 0.5) is 0 Å². The van der Waals surface area contributed by atoms with Gasteiger partial charge in [-0.15, -0.1) is 0 Å². The fraction of sp³-hybridized carbons (Fsp3) is 0.308. The monoisotopic (exact) mass is 250 g/mol. The van der Waals surface area contributed by atoms with Crippen molar-refractivity contribution >= 4 is 11.6 Å². The van der Waals surface area contributed by atoms with Crippen LogP contribution in [0.15, 0.2) is 24.3 Å². The lowest BCUT2D eigenvalue weighted by molar-refractivity contribution is 0.280. The maximum Gasteiger partial charge on any atom is 0.0718 e. The molecule has 0 unspecified atom stereocenters. The van der Waals surface area contributed by atoms with Gasteiger partial charge < -0.3 is 5.11 Å². The maximum absolute atomic E-state index is 9.24. The number of benzene rings is 1. The first-order valence-electron chi connectivity index (χ1n) is 5.50. The van der Waals surface area contributed by atoms with Crippen LogP contribution in [0, 0.1) is 13.8 Å². The summed E-state index contributed by atoms with van der Waals surface area (Å²) in [5, 5.41) is 14.4. The second kappa shape index (κ2) is 4.90. The minimum Gasteiger partial charge on any atom is -0.392 e.